The van der Waals surface area contributed by atoms with E-state index in [9.17, 15) is 9.90 Å². The Hall–Kier alpha value is -0.650. The number of aliphatic hydroxyl groups excluding tert-OH is 1. The highest BCUT2D eigenvalue weighted by Gasteiger charge is 2.15. The highest BCUT2D eigenvalue weighted by atomic mass is 16.5. The number of rotatable bonds is 4. The number of aliphatic hydroxyl groups is 1. The summed E-state index contributed by atoms with van der Waals surface area (Å²) in [5.74, 6) is -0.458. The maximum Gasteiger partial charge on any atom is 0.220 e. The first-order valence-electron chi connectivity index (χ1n) is 4.45. The van der Waals surface area contributed by atoms with Crippen LogP contribution in [0.15, 0.2) is 0 Å². The second-order valence-electron chi connectivity index (χ2n) is 3.24. The molecule has 1 saturated heterocycles. The van der Waals surface area contributed by atoms with Crippen molar-refractivity contribution in [2.75, 3.05) is 32.8 Å². The van der Waals surface area contributed by atoms with E-state index in [4.69, 9.17) is 10.5 Å². The van der Waals surface area contributed by atoms with Gasteiger partial charge in [0.05, 0.1) is 25.7 Å². The minimum absolute atomic E-state index is 0.0390. The molecule has 0 unspecified atom stereocenters. The van der Waals surface area contributed by atoms with Crippen LogP contribution in [-0.4, -0.2) is 54.9 Å². The van der Waals surface area contributed by atoms with Gasteiger partial charge >= 0.3 is 0 Å². The maximum atomic E-state index is 10.5. The van der Waals surface area contributed by atoms with Crippen LogP contribution in [-0.2, 0) is 9.53 Å². The summed E-state index contributed by atoms with van der Waals surface area (Å²) >= 11 is 0. The second-order valence-corrected chi connectivity index (χ2v) is 3.24. The monoisotopic (exact) mass is 188 g/mol. The fourth-order valence-electron chi connectivity index (χ4n) is 1.38. The molecule has 76 valence electrons. The van der Waals surface area contributed by atoms with Gasteiger partial charge in [-0.1, -0.05) is 0 Å². The predicted octanol–water partition coefficient (Wildman–Crippen LogP) is -1.45. The van der Waals surface area contributed by atoms with Crippen LogP contribution in [0.3, 0.4) is 0 Å². The molecule has 1 rings (SSSR count). The molecule has 0 aromatic heterocycles. The second kappa shape index (κ2) is 5.16. The summed E-state index contributed by atoms with van der Waals surface area (Å²) in [6.45, 7) is 3.53. The molecule has 13 heavy (non-hydrogen) atoms. The van der Waals surface area contributed by atoms with E-state index in [0.717, 1.165) is 13.1 Å². The maximum absolute atomic E-state index is 10.5. The SMILES string of the molecule is NC(=O)C[C@@H](O)CN1CCOCC1. The lowest BCUT2D eigenvalue weighted by Gasteiger charge is -2.28. The zero-order valence-electron chi connectivity index (χ0n) is 7.61. The number of carbonyl (C=O) groups is 1. The van der Waals surface area contributed by atoms with Crippen molar-refractivity contribution >= 4 is 5.91 Å². The summed E-state index contributed by atoms with van der Waals surface area (Å²) in [5.41, 5.74) is 4.96. The summed E-state index contributed by atoms with van der Waals surface area (Å²) in [4.78, 5) is 12.5. The number of hydrogen-bond donors (Lipinski definition) is 2. The van der Waals surface area contributed by atoms with Crippen molar-refractivity contribution in [3.8, 4) is 0 Å². The molecule has 0 aliphatic carbocycles. The number of ether oxygens (including phenoxy) is 1. The van der Waals surface area contributed by atoms with Crippen LogP contribution in [0.1, 0.15) is 6.42 Å². The van der Waals surface area contributed by atoms with E-state index in [1.165, 1.54) is 0 Å². The van der Waals surface area contributed by atoms with Crippen molar-refractivity contribution in [2.45, 2.75) is 12.5 Å². The molecule has 0 spiro atoms. The van der Waals surface area contributed by atoms with Gasteiger partial charge in [0, 0.05) is 19.6 Å². The molecule has 0 bridgehead atoms. The number of morpholine rings is 1. The van der Waals surface area contributed by atoms with Crippen LogP contribution >= 0.6 is 0 Å². The Balaban J connectivity index is 2.18. The van der Waals surface area contributed by atoms with Gasteiger partial charge in [0.1, 0.15) is 0 Å². The summed E-state index contributed by atoms with van der Waals surface area (Å²) in [6, 6.07) is 0. The molecule has 0 aromatic rings. The molecule has 1 fully saturated rings. The van der Waals surface area contributed by atoms with Crippen molar-refractivity contribution in [1.29, 1.82) is 0 Å². The van der Waals surface area contributed by atoms with Crippen molar-refractivity contribution in [3.05, 3.63) is 0 Å². The zero-order chi connectivity index (χ0) is 9.68. The predicted molar refractivity (Wildman–Crippen MR) is 47.1 cm³/mol. The fourth-order valence-corrected chi connectivity index (χ4v) is 1.38. The Kier molecular flexibility index (Phi) is 4.14. The number of nitrogens with two attached hydrogens (primary N) is 1. The minimum atomic E-state index is -0.643. The molecular weight excluding hydrogens is 172 g/mol. The summed E-state index contributed by atoms with van der Waals surface area (Å²) in [5, 5.41) is 9.39. The van der Waals surface area contributed by atoms with Gasteiger partial charge in [-0.2, -0.15) is 0 Å². The van der Waals surface area contributed by atoms with Crippen LogP contribution in [0.5, 0.6) is 0 Å². The first-order chi connectivity index (χ1) is 6.18. The van der Waals surface area contributed by atoms with Crippen molar-refractivity contribution < 1.29 is 14.6 Å². The quantitative estimate of drug-likeness (QED) is 0.566. The lowest BCUT2D eigenvalue weighted by molar-refractivity contribution is -0.120. The summed E-state index contributed by atoms with van der Waals surface area (Å²) in [6.07, 6.45) is -0.604. The van der Waals surface area contributed by atoms with Crippen LogP contribution in [0.2, 0.25) is 0 Å². The van der Waals surface area contributed by atoms with Crippen LogP contribution in [0.4, 0.5) is 0 Å². The molecule has 1 aliphatic heterocycles. The third kappa shape index (κ3) is 4.21. The molecule has 5 heteroatoms. The average Bonchev–Trinajstić information content (AvgIpc) is 2.04. The standard InChI is InChI=1S/C8H16N2O3/c9-8(12)5-7(11)6-10-1-3-13-4-2-10/h7,11H,1-6H2,(H2,9,12)/t7-/m1/s1. The highest BCUT2D eigenvalue weighted by molar-refractivity contribution is 5.74. The van der Waals surface area contributed by atoms with Crippen molar-refractivity contribution in [3.63, 3.8) is 0 Å². The van der Waals surface area contributed by atoms with E-state index in [-0.39, 0.29) is 6.42 Å². The first kappa shape index (κ1) is 10.4. The molecule has 3 N–H and O–H groups in total. The largest absolute Gasteiger partial charge is 0.391 e. The molecule has 0 radical (unpaired) electrons. The Morgan fingerprint density at radius 3 is 2.69 bits per heavy atom. The van der Waals surface area contributed by atoms with Gasteiger partial charge in [-0.25, -0.2) is 0 Å². The Labute approximate surface area is 77.5 Å². The number of nitrogens with zero attached hydrogens (tertiary/aromatic N) is 1. The van der Waals surface area contributed by atoms with Gasteiger partial charge in [0.2, 0.25) is 5.91 Å². The number of hydrogen-bond acceptors (Lipinski definition) is 4. The molecule has 1 atom stereocenters. The van der Waals surface area contributed by atoms with Gasteiger partial charge in [-0.3, -0.25) is 9.69 Å². The number of amides is 1. The normalized spacial score (nSPS) is 21.3. The summed E-state index contributed by atoms with van der Waals surface area (Å²) in [7, 11) is 0. The van der Waals surface area contributed by atoms with E-state index in [1.54, 1.807) is 0 Å². The molecule has 1 amide bonds. The lowest BCUT2D eigenvalue weighted by atomic mass is 10.2. The minimum Gasteiger partial charge on any atom is -0.391 e. The van der Waals surface area contributed by atoms with Gasteiger partial charge < -0.3 is 15.6 Å². The third-order valence-corrected chi connectivity index (χ3v) is 2.01. The van der Waals surface area contributed by atoms with Crippen molar-refractivity contribution in [1.82, 2.24) is 4.90 Å². The Morgan fingerprint density at radius 2 is 2.15 bits per heavy atom. The van der Waals surface area contributed by atoms with E-state index in [1.807, 2.05) is 0 Å². The van der Waals surface area contributed by atoms with E-state index in [2.05, 4.69) is 4.90 Å². The number of β-amino-alcohol motifs (C(OH)–C–C–N with tert-alkyl or cyclic N) is 1. The topological polar surface area (TPSA) is 75.8 Å². The van der Waals surface area contributed by atoms with Crippen molar-refractivity contribution in [2.24, 2.45) is 5.73 Å². The van der Waals surface area contributed by atoms with Crippen LogP contribution in [0, 0.1) is 0 Å². The number of primary amides is 1. The molecule has 0 saturated carbocycles. The third-order valence-electron chi connectivity index (χ3n) is 2.01. The summed E-state index contributed by atoms with van der Waals surface area (Å²) < 4.78 is 5.15. The fraction of sp³-hybridized carbons (Fsp3) is 0.875. The molecule has 5 nitrogen and oxygen atoms in total. The van der Waals surface area contributed by atoms with E-state index in [0.29, 0.717) is 19.8 Å². The Morgan fingerprint density at radius 1 is 1.54 bits per heavy atom. The number of carbonyl (C=O) groups excluding carboxylic acids is 1. The van der Waals surface area contributed by atoms with Gasteiger partial charge in [0.25, 0.3) is 0 Å². The first-order valence-corrected chi connectivity index (χ1v) is 4.45. The Bertz CT molecular complexity index is 169. The molecule has 1 aliphatic rings. The highest BCUT2D eigenvalue weighted by Crippen LogP contribution is 2.00. The van der Waals surface area contributed by atoms with Gasteiger partial charge in [0.15, 0.2) is 0 Å². The molecular formula is C8H16N2O3. The van der Waals surface area contributed by atoms with Gasteiger partial charge in [-0.15, -0.1) is 0 Å². The van der Waals surface area contributed by atoms with Gasteiger partial charge in [-0.05, 0) is 0 Å². The smallest absolute Gasteiger partial charge is 0.220 e. The molecule has 1 heterocycles. The molecule has 0 aromatic carbocycles. The lowest BCUT2D eigenvalue weighted by Crippen LogP contribution is -2.41. The average molecular weight is 188 g/mol. The van der Waals surface area contributed by atoms with E-state index >= 15 is 0 Å². The zero-order valence-corrected chi connectivity index (χ0v) is 7.61. The van der Waals surface area contributed by atoms with E-state index < -0.39 is 12.0 Å². The van der Waals surface area contributed by atoms with Crippen LogP contribution in [0.25, 0.3) is 0 Å². The van der Waals surface area contributed by atoms with Crippen LogP contribution < -0.4 is 5.73 Å².